The lowest BCUT2D eigenvalue weighted by Gasteiger charge is -2.36. The Labute approximate surface area is 202 Å². The predicted octanol–water partition coefficient (Wildman–Crippen LogP) is 4.04. The van der Waals surface area contributed by atoms with Gasteiger partial charge in [-0.05, 0) is 49.9 Å². The Kier molecular flexibility index (Phi) is 6.92. The van der Waals surface area contributed by atoms with Crippen LogP contribution in [-0.2, 0) is 13.9 Å². The molecule has 0 amide bonds. The number of rotatable bonds is 9. The number of aliphatic carboxylic acids is 1. The zero-order chi connectivity index (χ0) is 23.8. The number of nitrogen functional groups attached to an aromatic ring is 1. The number of aromatic nitrogens is 4. The second-order valence-electron chi connectivity index (χ2n) is 7.72. The molecule has 1 fully saturated rings. The Morgan fingerprint density at radius 2 is 2.09 bits per heavy atom. The molecule has 2 aromatic heterocycles. The molecule has 4 rings (SSSR count). The van der Waals surface area contributed by atoms with Crippen molar-refractivity contribution in [1.82, 2.24) is 24.6 Å². The van der Waals surface area contributed by atoms with Crippen LogP contribution in [0.25, 0.3) is 11.2 Å². The Balaban J connectivity index is 1.41. The van der Waals surface area contributed by atoms with Gasteiger partial charge in [0.05, 0.1) is 12.9 Å². The Morgan fingerprint density at radius 1 is 1.39 bits per heavy atom. The molecule has 14 heteroatoms. The van der Waals surface area contributed by atoms with E-state index in [1.54, 1.807) is 30.6 Å². The number of carbonyl (C=O) groups is 1. The van der Waals surface area contributed by atoms with E-state index >= 15 is 0 Å². The number of carboxylic acid groups (broad SMARTS) is 1. The minimum Gasteiger partial charge on any atom is -0.480 e. The molecule has 1 aromatic carbocycles. The van der Waals surface area contributed by atoms with Gasteiger partial charge < -0.3 is 19.9 Å². The van der Waals surface area contributed by atoms with Crippen LogP contribution in [0.2, 0.25) is 5.15 Å². The molecule has 0 aliphatic heterocycles. The fraction of sp³-hybridized carbons (Fsp3) is 0.368. The third-order valence-electron chi connectivity index (χ3n) is 5.24. The van der Waals surface area contributed by atoms with Crippen molar-refractivity contribution in [3.8, 4) is 5.75 Å². The smallest absolute Gasteiger partial charge is 0.459 e. The number of imidazole rings is 1. The lowest BCUT2D eigenvalue weighted by Crippen LogP contribution is -2.35. The number of halogens is 2. The number of hydrogen-bond donors (Lipinski definition) is 3. The van der Waals surface area contributed by atoms with Crippen LogP contribution in [0.3, 0.4) is 0 Å². The molecule has 3 aromatic rings. The second kappa shape index (κ2) is 9.55. The van der Waals surface area contributed by atoms with Gasteiger partial charge in [-0.3, -0.25) is 9.32 Å². The molecule has 1 aliphatic rings. The molecule has 0 saturated heterocycles. The topological polar surface area (TPSA) is 154 Å². The molecule has 2 atom stereocenters. The predicted molar refractivity (Wildman–Crippen MR) is 125 cm³/mol. The first-order chi connectivity index (χ1) is 15.6. The van der Waals surface area contributed by atoms with Crippen LogP contribution >= 0.6 is 35.3 Å². The van der Waals surface area contributed by atoms with Crippen molar-refractivity contribution < 1.29 is 23.5 Å². The molecule has 1 aliphatic carbocycles. The highest BCUT2D eigenvalue weighted by Crippen LogP contribution is 2.48. The summed E-state index contributed by atoms with van der Waals surface area (Å²) in [5.41, 5.74) is 6.73. The number of fused-ring (bicyclic) bond motifs is 1. The number of nitrogens with one attached hydrogen (secondary N) is 1. The van der Waals surface area contributed by atoms with Gasteiger partial charge in [-0.1, -0.05) is 27.5 Å². The van der Waals surface area contributed by atoms with Crippen LogP contribution < -0.4 is 15.3 Å². The molecule has 176 valence electrons. The third kappa shape index (κ3) is 5.47. The number of benzene rings is 1. The van der Waals surface area contributed by atoms with Crippen molar-refractivity contribution >= 4 is 58.4 Å². The fourth-order valence-corrected chi connectivity index (χ4v) is 5.50. The van der Waals surface area contributed by atoms with Crippen molar-refractivity contribution in [2.75, 3.05) is 12.3 Å². The van der Waals surface area contributed by atoms with E-state index < -0.39 is 19.8 Å². The van der Waals surface area contributed by atoms with Gasteiger partial charge in [-0.25, -0.2) is 9.55 Å². The summed E-state index contributed by atoms with van der Waals surface area (Å²) in [5.74, 6) is -0.741. The highest BCUT2D eigenvalue weighted by molar-refractivity contribution is 9.10. The average Bonchev–Trinajstić information content (AvgIpc) is 3.12. The summed E-state index contributed by atoms with van der Waals surface area (Å²) in [6.07, 6.45) is 3.06. The first kappa shape index (κ1) is 23.9. The van der Waals surface area contributed by atoms with Gasteiger partial charge in [0.2, 0.25) is 5.95 Å². The number of carboxylic acids is 1. The van der Waals surface area contributed by atoms with Crippen LogP contribution in [0.5, 0.6) is 5.75 Å². The number of hydrogen-bond acceptors (Lipinski definition) is 8. The first-order valence-corrected chi connectivity index (χ1v) is 12.7. The maximum absolute atomic E-state index is 13.3. The van der Waals surface area contributed by atoms with Gasteiger partial charge in [0.15, 0.2) is 10.8 Å². The van der Waals surface area contributed by atoms with Crippen molar-refractivity contribution in [1.29, 1.82) is 0 Å². The highest BCUT2D eigenvalue weighted by atomic mass is 79.9. The van der Waals surface area contributed by atoms with Crippen LogP contribution in [0.15, 0.2) is 35.1 Å². The number of anilines is 1. The zero-order valence-electron chi connectivity index (χ0n) is 17.4. The van der Waals surface area contributed by atoms with Crippen LogP contribution in [0.1, 0.15) is 25.8 Å². The van der Waals surface area contributed by atoms with Gasteiger partial charge in [0.25, 0.3) is 0 Å². The standard InChI is InChI=1S/C19H21BrClN6O5P/c1-10(18(28)29)26-33(30,32-14-4-2-12(20)3-5-14)31-8-11-6-13(7-11)27-9-23-15-16(21)24-19(22)25-17(15)27/h2-5,9-11,13H,6-8H2,1H3,(H,26,30)(H,28,29)(H2,22,24,25). The van der Waals surface area contributed by atoms with Crippen molar-refractivity contribution in [3.63, 3.8) is 0 Å². The monoisotopic (exact) mass is 558 g/mol. The highest BCUT2D eigenvalue weighted by Gasteiger charge is 2.37. The molecule has 1 saturated carbocycles. The quantitative estimate of drug-likeness (QED) is 0.258. The van der Waals surface area contributed by atoms with Gasteiger partial charge in [-0.15, -0.1) is 0 Å². The molecule has 11 nitrogen and oxygen atoms in total. The second-order valence-corrected chi connectivity index (χ2v) is 10.7. The van der Waals surface area contributed by atoms with Gasteiger partial charge >= 0.3 is 13.7 Å². The summed E-state index contributed by atoms with van der Waals surface area (Å²) in [4.78, 5) is 23.7. The van der Waals surface area contributed by atoms with Crippen LogP contribution in [0, 0.1) is 5.92 Å². The summed E-state index contributed by atoms with van der Waals surface area (Å²) in [6, 6.07) is 5.60. The SMILES string of the molecule is CC(NP(=O)(OCC1CC(n2cnc3c(Cl)nc(N)nc32)C1)Oc1ccc(Br)cc1)C(=O)O. The molecular weight excluding hydrogens is 539 g/mol. The van der Waals surface area contributed by atoms with E-state index in [1.165, 1.54) is 6.92 Å². The summed E-state index contributed by atoms with van der Waals surface area (Å²) in [6.45, 7) is 1.49. The fourth-order valence-electron chi connectivity index (χ4n) is 3.45. The van der Waals surface area contributed by atoms with E-state index in [1.807, 2.05) is 4.57 Å². The normalized spacial score (nSPS) is 20.7. The van der Waals surface area contributed by atoms with Crippen molar-refractivity contribution in [3.05, 3.63) is 40.2 Å². The van der Waals surface area contributed by atoms with Gasteiger partial charge in [0, 0.05) is 10.5 Å². The van der Waals surface area contributed by atoms with E-state index in [2.05, 4.69) is 36.0 Å². The Hall–Kier alpha value is -2.24. The van der Waals surface area contributed by atoms with Crippen molar-refractivity contribution in [2.24, 2.45) is 5.92 Å². The van der Waals surface area contributed by atoms with E-state index in [9.17, 15) is 14.5 Å². The summed E-state index contributed by atoms with van der Waals surface area (Å²) in [5, 5.41) is 11.9. The summed E-state index contributed by atoms with van der Waals surface area (Å²) >= 11 is 9.40. The third-order valence-corrected chi connectivity index (χ3v) is 7.68. The Morgan fingerprint density at radius 3 is 2.76 bits per heavy atom. The van der Waals surface area contributed by atoms with Gasteiger partial charge in [0.1, 0.15) is 17.3 Å². The van der Waals surface area contributed by atoms with E-state index in [0.717, 1.165) is 4.47 Å². The number of nitrogens with zero attached hydrogens (tertiary/aromatic N) is 4. The molecular formula is C19H21BrClN6O5P. The summed E-state index contributed by atoms with van der Waals surface area (Å²) < 4.78 is 27.2. The maximum atomic E-state index is 13.3. The molecule has 0 bridgehead atoms. The molecule has 2 unspecified atom stereocenters. The van der Waals surface area contributed by atoms with Crippen LogP contribution in [0.4, 0.5) is 5.95 Å². The van der Waals surface area contributed by atoms with Gasteiger partial charge in [-0.2, -0.15) is 15.1 Å². The van der Waals surface area contributed by atoms with E-state index in [0.29, 0.717) is 24.0 Å². The molecule has 4 N–H and O–H groups in total. The van der Waals surface area contributed by atoms with E-state index in [4.69, 9.17) is 26.4 Å². The first-order valence-electron chi connectivity index (χ1n) is 9.99. The average molecular weight is 560 g/mol. The zero-order valence-corrected chi connectivity index (χ0v) is 20.6. The minimum atomic E-state index is -3.95. The van der Waals surface area contributed by atoms with Crippen molar-refractivity contribution in [2.45, 2.75) is 31.8 Å². The molecule has 33 heavy (non-hydrogen) atoms. The molecule has 0 spiro atoms. The molecule has 0 radical (unpaired) electrons. The molecule has 2 heterocycles. The largest absolute Gasteiger partial charge is 0.480 e. The lowest BCUT2D eigenvalue weighted by atomic mass is 9.81. The Bertz CT molecular complexity index is 1220. The maximum Gasteiger partial charge on any atom is 0.459 e. The lowest BCUT2D eigenvalue weighted by molar-refractivity contribution is -0.138. The van der Waals surface area contributed by atoms with Crippen LogP contribution in [-0.4, -0.2) is 43.2 Å². The summed E-state index contributed by atoms with van der Waals surface area (Å²) in [7, 11) is -3.95. The van der Waals surface area contributed by atoms with E-state index in [-0.39, 0.29) is 35.4 Å². The minimum absolute atomic E-state index is 0.0677. The number of nitrogens with two attached hydrogens (primary N) is 1.